The Hall–Kier alpha value is -1.22. The molecule has 1 unspecified atom stereocenters. The molecule has 0 aromatic heterocycles. The van der Waals surface area contributed by atoms with Gasteiger partial charge in [0.2, 0.25) is 0 Å². The molecule has 3 nitrogen and oxygen atoms in total. The second-order valence-corrected chi connectivity index (χ2v) is 4.37. The average Bonchev–Trinajstić information content (AvgIpc) is 2.84. The highest BCUT2D eigenvalue weighted by molar-refractivity contribution is 5.45. The van der Waals surface area contributed by atoms with Gasteiger partial charge in [-0.05, 0) is 44.9 Å². The Morgan fingerprint density at radius 1 is 1.35 bits per heavy atom. The fourth-order valence-electron chi connectivity index (χ4n) is 2.41. The normalized spacial score (nSPS) is 19.3. The number of ether oxygens (including phenoxy) is 2. The first-order valence-corrected chi connectivity index (χ1v) is 6.37. The van der Waals surface area contributed by atoms with E-state index >= 15 is 0 Å². The van der Waals surface area contributed by atoms with Gasteiger partial charge in [-0.1, -0.05) is 6.07 Å². The molecule has 3 heteroatoms. The van der Waals surface area contributed by atoms with Crippen LogP contribution >= 0.6 is 0 Å². The highest BCUT2D eigenvalue weighted by atomic mass is 16.5. The van der Waals surface area contributed by atoms with Crippen molar-refractivity contribution in [3.8, 4) is 11.5 Å². The molecule has 0 amide bonds. The summed E-state index contributed by atoms with van der Waals surface area (Å²) in [5.41, 5.74) is 1.19. The number of benzene rings is 1. The summed E-state index contributed by atoms with van der Waals surface area (Å²) in [5, 5.41) is 3.51. The lowest BCUT2D eigenvalue weighted by Gasteiger charge is -2.17. The number of rotatable bonds is 5. The summed E-state index contributed by atoms with van der Waals surface area (Å²) in [7, 11) is 1.72. The minimum absolute atomic E-state index is 0.561. The van der Waals surface area contributed by atoms with Gasteiger partial charge < -0.3 is 14.8 Å². The molecule has 1 atom stereocenters. The van der Waals surface area contributed by atoms with E-state index in [0.717, 1.165) is 24.5 Å². The van der Waals surface area contributed by atoms with Gasteiger partial charge in [-0.25, -0.2) is 0 Å². The van der Waals surface area contributed by atoms with E-state index in [1.165, 1.54) is 18.4 Å². The highest BCUT2D eigenvalue weighted by Gasteiger charge is 2.19. The van der Waals surface area contributed by atoms with Crippen LogP contribution in [0.1, 0.15) is 25.3 Å². The summed E-state index contributed by atoms with van der Waals surface area (Å²) in [4.78, 5) is 0. The molecule has 0 radical (unpaired) electrons. The summed E-state index contributed by atoms with van der Waals surface area (Å²) in [6.07, 6.45) is 3.49. The molecule has 0 aliphatic carbocycles. The topological polar surface area (TPSA) is 30.5 Å². The fraction of sp³-hybridized carbons (Fsp3) is 0.571. The third kappa shape index (κ3) is 2.91. The molecular formula is C14H21NO2. The predicted molar refractivity (Wildman–Crippen MR) is 68.9 cm³/mol. The van der Waals surface area contributed by atoms with Gasteiger partial charge >= 0.3 is 0 Å². The Balaban J connectivity index is 2.20. The Kier molecular flexibility index (Phi) is 4.26. The molecule has 0 bridgehead atoms. The zero-order valence-electron chi connectivity index (χ0n) is 10.7. The van der Waals surface area contributed by atoms with E-state index in [2.05, 4.69) is 5.32 Å². The summed E-state index contributed by atoms with van der Waals surface area (Å²) < 4.78 is 11.1. The van der Waals surface area contributed by atoms with Gasteiger partial charge in [0.05, 0.1) is 13.7 Å². The van der Waals surface area contributed by atoms with Crippen molar-refractivity contribution in [1.29, 1.82) is 0 Å². The fourth-order valence-corrected chi connectivity index (χ4v) is 2.41. The van der Waals surface area contributed by atoms with E-state index in [1.807, 2.05) is 25.1 Å². The minimum Gasteiger partial charge on any atom is -0.496 e. The van der Waals surface area contributed by atoms with Crippen LogP contribution in [0.3, 0.4) is 0 Å². The summed E-state index contributed by atoms with van der Waals surface area (Å²) in [6, 6.07) is 6.57. The molecule has 1 saturated heterocycles. The zero-order chi connectivity index (χ0) is 12.1. The van der Waals surface area contributed by atoms with Crippen LogP contribution < -0.4 is 14.8 Å². The van der Waals surface area contributed by atoms with Crippen molar-refractivity contribution in [3.05, 3.63) is 23.8 Å². The first kappa shape index (κ1) is 12.2. The molecule has 1 aromatic carbocycles. The van der Waals surface area contributed by atoms with Gasteiger partial charge in [0, 0.05) is 11.6 Å². The number of hydrogen-bond donors (Lipinski definition) is 1. The van der Waals surface area contributed by atoms with E-state index in [9.17, 15) is 0 Å². The van der Waals surface area contributed by atoms with Gasteiger partial charge in [0.25, 0.3) is 0 Å². The van der Waals surface area contributed by atoms with Crippen LogP contribution in [0.2, 0.25) is 0 Å². The third-order valence-electron chi connectivity index (χ3n) is 3.22. The van der Waals surface area contributed by atoms with Gasteiger partial charge in [-0.2, -0.15) is 0 Å². The van der Waals surface area contributed by atoms with Crippen LogP contribution in [0.5, 0.6) is 11.5 Å². The molecule has 1 N–H and O–H groups in total. The smallest absolute Gasteiger partial charge is 0.126 e. The largest absolute Gasteiger partial charge is 0.496 e. The monoisotopic (exact) mass is 235 g/mol. The Bertz CT molecular complexity index is 359. The standard InChI is InChI=1S/C14H21NO2/c1-3-17-14-8-4-7-13(16-2)12(14)10-11-6-5-9-15-11/h4,7-8,11,15H,3,5-6,9-10H2,1-2H3. The molecule has 0 saturated carbocycles. The second kappa shape index (κ2) is 5.92. The maximum Gasteiger partial charge on any atom is 0.126 e. The Morgan fingerprint density at radius 2 is 2.18 bits per heavy atom. The summed E-state index contributed by atoms with van der Waals surface area (Å²) in [5.74, 6) is 1.89. The van der Waals surface area contributed by atoms with Crippen molar-refractivity contribution in [3.63, 3.8) is 0 Å². The third-order valence-corrected chi connectivity index (χ3v) is 3.22. The number of nitrogens with one attached hydrogen (secondary N) is 1. The maximum absolute atomic E-state index is 5.68. The molecule has 1 fully saturated rings. The van der Waals surface area contributed by atoms with Crippen LogP contribution in [0.4, 0.5) is 0 Å². The SMILES string of the molecule is CCOc1cccc(OC)c1CC1CCCN1. The molecule has 1 aliphatic rings. The van der Waals surface area contributed by atoms with Crippen molar-refractivity contribution in [1.82, 2.24) is 5.32 Å². The first-order chi connectivity index (χ1) is 8.35. The molecule has 17 heavy (non-hydrogen) atoms. The Labute approximate surface area is 103 Å². The quantitative estimate of drug-likeness (QED) is 0.850. The summed E-state index contributed by atoms with van der Waals surface area (Å²) >= 11 is 0. The second-order valence-electron chi connectivity index (χ2n) is 4.37. The molecule has 1 aliphatic heterocycles. The summed E-state index contributed by atoms with van der Waals surface area (Å²) in [6.45, 7) is 3.83. The van der Waals surface area contributed by atoms with Gasteiger partial charge in [0.1, 0.15) is 11.5 Å². The minimum atomic E-state index is 0.561. The molecule has 94 valence electrons. The van der Waals surface area contributed by atoms with Gasteiger partial charge in [-0.15, -0.1) is 0 Å². The molecular weight excluding hydrogens is 214 g/mol. The van der Waals surface area contributed by atoms with Crippen LogP contribution in [-0.4, -0.2) is 26.3 Å². The van der Waals surface area contributed by atoms with E-state index < -0.39 is 0 Å². The van der Waals surface area contributed by atoms with Crippen LogP contribution in [0.25, 0.3) is 0 Å². The number of methoxy groups -OCH3 is 1. The first-order valence-electron chi connectivity index (χ1n) is 6.37. The Morgan fingerprint density at radius 3 is 2.82 bits per heavy atom. The molecule has 1 heterocycles. The zero-order valence-corrected chi connectivity index (χ0v) is 10.7. The molecule has 2 rings (SSSR count). The van der Waals surface area contributed by atoms with Crippen LogP contribution in [0.15, 0.2) is 18.2 Å². The van der Waals surface area contributed by atoms with Crippen molar-refractivity contribution in [2.75, 3.05) is 20.3 Å². The maximum atomic E-state index is 5.68. The highest BCUT2D eigenvalue weighted by Crippen LogP contribution is 2.30. The van der Waals surface area contributed by atoms with Gasteiger partial charge in [0.15, 0.2) is 0 Å². The van der Waals surface area contributed by atoms with E-state index in [1.54, 1.807) is 7.11 Å². The van der Waals surface area contributed by atoms with Crippen molar-refractivity contribution in [2.24, 2.45) is 0 Å². The lowest BCUT2D eigenvalue weighted by molar-refractivity contribution is 0.329. The van der Waals surface area contributed by atoms with Crippen molar-refractivity contribution >= 4 is 0 Å². The molecule has 0 spiro atoms. The van der Waals surface area contributed by atoms with Crippen LogP contribution in [0, 0.1) is 0 Å². The van der Waals surface area contributed by atoms with Gasteiger partial charge in [-0.3, -0.25) is 0 Å². The van der Waals surface area contributed by atoms with E-state index in [0.29, 0.717) is 12.6 Å². The predicted octanol–water partition coefficient (Wildman–Crippen LogP) is 2.39. The number of hydrogen-bond acceptors (Lipinski definition) is 3. The molecule has 1 aromatic rings. The lowest BCUT2D eigenvalue weighted by atomic mass is 10.0. The van der Waals surface area contributed by atoms with Crippen LogP contribution in [-0.2, 0) is 6.42 Å². The van der Waals surface area contributed by atoms with Crippen molar-refractivity contribution in [2.45, 2.75) is 32.2 Å². The average molecular weight is 235 g/mol. The van der Waals surface area contributed by atoms with E-state index in [4.69, 9.17) is 9.47 Å². The van der Waals surface area contributed by atoms with Crippen molar-refractivity contribution < 1.29 is 9.47 Å². The lowest BCUT2D eigenvalue weighted by Crippen LogP contribution is -2.24. The van der Waals surface area contributed by atoms with E-state index in [-0.39, 0.29) is 0 Å².